The Morgan fingerprint density at radius 1 is 1.10 bits per heavy atom. The molecule has 2 aromatic carbocycles. The van der Waals surface area contributed by atoms with Crippen LogP contribution in [-0.4, -0.2) is 7.05 Å². The molecular weight excluding hydrogens is 355 g/mol. The van der Waals surface area contributed by atoms with E-state index in [0.717, 1.165) is 12.1 Å². The van der Waals surface area contributed by atoms with Crippen molar-refractivity contribution in [3.05, 3.63) is 68.4 Å². The highest BCUT2D eigenvalue weighted by Gasteiger charge is 2.23. The lowest BCUT2D eigenvalue weighted by atomic mass is 9.97. The van der Waals surface area contributed by atoms with Crippen molar-refractivity contribution >= 4 is 27.5 Å². The highest BCUT2D eigenvalue weighted by atomic mass is 79.9. The van der Waals surface area contributed by atoms with Crippen LogP contribution in [0.25, 0.3) is 0 Å². The third kappa shape index (κ3) is 2.85. The summed E-state index contributed by atoms with van der Waals surface area (Å²) < 4.78 is 41.6. The molecule has 0 saturated heterocycles. The molecule has 1 atom stereocenters. The van der Waals surface area contributed by atoms with Crippen molar-refractivity contribution in [1.29, 1.82) is 0 Å². The second-order valence-corrected chi connectivity index (χ2v) is 5.41. The van der Waals surface area contributed by atoms with Crippen molar-refractivity contribution < 1.29 is 13.2 Å². The molecule has 0 spiro atoms. The van der Waals surface area contributed by atoms with Gasteiger partial charge in [0, 0.05) is 16.1 Å². The fourth-order valence-electron chi connectivity index (χ4n) is 2.00. The quantitative estimate of drug-likeness (QED) is 0.769. The molecular formula is C14H10BrClF3N. The van der Waals surface area contributed by atoms with Crippen LogP contribution in [0.3, 0.4) is 0 Å². The van der Waals surface area contributed by atoms with E-state index in [4.69, 9.17) is 11.6 Å². The zero-order chi connectivity index (χ0) is 14.9. The molecule has 1 N–H and O–H groups in total. The number of nitrogens with one attached hydrogen (secondary N) is 1. The molecule has 0 bridgehead atoms. The Hall–Kier alpha value is -1.04. The number of hydrogen-bond donors (Lipinski definition) is 1. The van der Waals surface area contributed by atoms with Gasteiger partial charge in [-0.05, 0) is 47.2 Å². The summed E-state index contributed by atoms with van der Waals surface area (Å²) in [5.74, 6) is -1.87. The first-order valence-electron chi connectivity index (χ1n) is 5.71. The molecule has 0 amide bonds. The summed E-state index contributed by atoms with van der Waals surface area (Å²) in [7, 11) is 1.52. The van der Waals surface area contributed by atoms with Crippen molar-refractivity contribution in [2.75, 3.05) is 7.05 Å². The summed E-state index contributed by atoms with van der Waals surface area (Å²) in [5, 5.41) is 2.90. The van der Waals surface area contributed by atoms with Crippen LogP contribution in [0.15, 0.2) is 34.8 Å². The maximum Gasteiger partial charge on any atom is 0.137 e. The van der Waals surface area contributed by atoms with Crippen molar-refractivity contribution in [3.63, 3.8) is 0 Å². The molecule has 0 fully saturated rings. The van der Waals surface area contributed by atoms with Crippen LogP contribution in [0, 0.1) is 17.5 Å². The predicted molar refractivity (Wildman–Crippen MR) is 76.4 cm³/mol. The van der Waals surface area contributed by atoms with Gasteiger partial charge in [0.15, 0.2) is 0 Å². The fourth-order valence-corrected chi connectivity index (χ4v) is 2.59. The van der Waals surface area contributed by atoms with Gasteiger partial charge in [0.1, 0.15) is 17.5 Å². The van der Waals surface area contributed by atoms with E-state index in [-0.39, 0.29) is 20.6 Å². The second kappa shape index (κ2) is 6.16. The molecule has 0 aliphatic rings. The Kier molecular flexibility index (Phi) is 4.73. The van der Waals surface area contributed by atoms with Gasteiger partial charge in [0.25, 0.3) is 0 Å². The maximum absolute atomic E-state index is 14.0. The first kappa shape index (κ1) is 15.4. The van der Waals surface area contributed by atoms with E-state index in [1.807, 2.05) is 0 Å². The van der Waals surface area contributed by atoms with Gasteiger partial charge >= 0.3 is 0 Å². The minimum Gasteiger partial charge on any atom is -0.309 e. The zero-order valence-electron chi connectivity index (χ0n) is 10.4. The zero-order valence-corrected chi connectivity index (χ0v) is 12.7. The number of rotatable bonds is 3. The van der Waals surface area contributed by atoms with E-state index >= 15 is 0 Å². The van der Waals surface area contributed by atoms with Crippen molar-refractivity contribution in [2.24, 2.45) is 0 Å². The van der Waals surface area contributed by atoms with Gasteiger partial charge in [-0.25, -0.2) is 13.2 Å². The third-order valence-corrected chi connectivity index (χ3v) is 3.86. The average Bonchev–Trinajstić information content (AvgIpc) is 2.39. The predicted octanol–water partition coefficient (Wildman–Crippen LogP) is 4.83. The molecule has 0 aliphatic carbocycles. The molecule has 0 aromatic heterocycles. The van der Waals surface area contributed by atoms with E-state index in [0.29, 0.717) is 0 Å². The fraction of sp³-hybridized carbons (Fsp3) is 0.143. The van der Waals surface area contributed by atoms with Crippen molar-refractivity contribution in [1.82, 2.24) is 5.32 Å². The van der Waals surface area contributed by atoms with E-state index < -0.39 is 23.5 Å². The molecule has 2 aromatic rings. The molecule has 0 aliphatic heterocycles. The Bertz CT molecular complexity index is 628. The average molecular weight is 365 g/mol. The number of hydrogen-bond acceptors (Lipinski definition) is 1. The summed E-state index contributed by atoms with van der Waals surface area (Å²) in [4.78, 5) is 0. The normalized spacial score (nSPS) is 12.5. The van der Waals surface area contributed by atoms with Crippen LogP contribution >= 0.6 is 27.5 Å². The summed E-state index contributed by atoms with van der Waals surface area (Å²) in [6.07, 6.45) is 0. The van der Waals surface area contributed by atoms with E-state index in [9.17, 15) is 13.2 Å². The van der Waals surface area contributed by atoms with Gasteiger partial charge in [-0.1, -0.05) is 17.7 Å². The van der Waals surface area contributed by atoms with E-state index in [1.165, 1.54) is 25.2 Å². The van der Waals surface area contributed by atoms with Crippen LogP contribution in [0.5, 0.6) is 0 Å². The summed E-state index contributed by atoms with van der Waals surface area (Å²) in [5.41, 5.74) is 0.0671. The second-order valence-electron chi connectivity index (χ2n) is 4.14. The van der Waals surface area contributed by atoms with Gasteiger partial charge in [0.05, 0.1) is 10.5 Å². The molecule has 6 heteroatoms. The Morgan fingerprint density at radius 3 is 2.40 bits per heavy atom. The highest BCUT2D eigenvalue weighted by molar-refractivity contribution is 9.10. The molecule has 0 saturated carbocycles. The lowest BCUT2D eigenvalue weighted by molar-refractivity contribution is 0.535. The van der Waals surface area contributed by atoms with Crippen LogP contribution in [0.1, 0.15) is 17.2 Å². The van der Waals surface area contributed by atoms with Gasteiger partial charge < -0.3 is 5.32 Å². The van der Waals surface area contributed by atoms with Gasteiger partial charge in [-0.3, -0.25) is 0 Å². The van der Waals surface area contributed by atoms with Crippen LogP contribution < -0.4 is 5.32 Å². The third-order valence-electron chi connectivity index (χ3n) is 2.93. The minimum absolute atomic E-state index is 0.00762. The monoisotopic (exact) mass is 363 g/mol. The first-order valence-corrected chi connectivity index (χ1v) is 6.88. The van der Waals surface area contributed by atoms with Gasteiger partial charge in [-0.15, -0.1) is 0 Å². The number of benzene rings is 2. The summed E-state index contributed by atoms with van der Waals surface area (Å²) in [6.45, 7) is 0. The van der Waals surface area contributed by atoms with Gasteiger partial charge in [0.2, 0.25) is 0 Å². The summed E-state index contributed by atoms with van der Waals surface area (Å²) >= 11 is 8.87. The Labute approximate surface area is 127 Å². The Morgan fingerprint density at radius 2 is 1.80 bits per heavy atom. The molecule has 0 heterocycles. The maximum atomic E-state index is 14.0. The molecule has 2 rings (SSSR count). The molecule has 106 valence electrons. The lowest BCUT2D eigenvalue weighted by Gasteiger charge is -2.20. The van der Waals surface area contributed by atoms with Crippen LogP contribution in [0.4, 0.5) is 13.2 Å². The number of halogens is 5. The van der Waals surface area contributed by atoms with E-state index in [2.05, 4.69) is 21.2 Å². The molecule has 20 heavy (non-hydrogen) atoms. The SMILES string of the molecule is CNC(c1cc(F)c(Br)cc1F)c1c(F)cccc1Cl. The Balaban J connectivity index is 2.62. The topological polar surface area (TPSA) is 12.0 Å². The largest absolute Gasteiger partial charge is 0.309 e. The molecule has 1 unspecified atom stereocenters. The minimum atomic E-state index is -0.883. The van der Waals surface area contributed by atoms with Crippen molar-refractivity contribution in [2.45, 2.75) is 6.04 Å². The molecule has 1 nitrogen and oxygen atoms in total. The van der Waals surface area contributed by atoms with Crippen LogP contribution in [0.2, 0.25) is 5.02 Å². The standard InChI is InChI=1S/C14H10BrClF3N/c1-20-14(13-9(16)3-2-4-10(13)17)7-5-12(19)8(15)6-11(7)18/h2-6,14,20H,1H3. The summed E-state index contributed by atoms with van der Waals surface area (Å²) in [6, 6.07) is 5.31. The van der Waals surface area contributed by atoms with Crippen LogP contribution in [-0.2, 0) is 0 Å². The molecule has 0 radical (unpaired) electrons. The lowest BCUT2D eigenvalue weighted by Crippen LogP contribution is -2.21. The first-order chi connectivity index (χ1) is 9.45. The van der Waals surface area contributed by atoms with E-state index in [1.54, 1.807) is 0 Å². The highest BCUT2D eigenvalue weighted by Crippen LogP contribution is 2.33. The van der Waals surface area contributed by atoms with Crippen molar-refractivity contribution in [3.8, 4) is 0 Å². The smallest absolute Gasteiger partial charge is 0.137 e. The van der Waals surface area contributed by atoms with Gasteiger partial charge in [-0.2, -0.15) is 0 Å².